The van der Waals surface area contributed by atoms with Crippen molar-refractivity contribution in [2.45, 2.75) is 18.7 Å². The van der Waals surface area contributed by atoms with Crippen molar-refractivity contribution in [1.82, 2.24) is 0 Å². The molecule has 0 amide bonds. The molecule has 0 nitrogen and oxygen atoms in total. The lowest BCUT2D eigenvalue weighted by atomic mass is 10.00. The van der Waals surface area contributed by atoms with Gasteiger partial charge in [0, 0.05) is 13.4 Å². The summed E-state index contributed by atoms with van der Waals surface area (Å²) in [4.78, 5) is 0.163. The van der Waals surface area contributed by atoms with Gasteiger partial charge in [-0.1, -0.05) is 69.8 Å². The highest BCUT2D eigenvalue weighted by Crippen LogP contribution is 2.39. The SMILES string of the molecule is Cc1cc(Br)c(C(Br)c2cc(Br)ccc2C)cc1Br. The van der Waals surface area contributed by atoms with E-state index < -0.39 is 0 Å². The van der Waals surface area contributed by atoms with Gasteiger partial charge in [0.15, 0.2) is 0 Å². The van der Waals surface area contributed by atoms with E-state index in [4.69, 9.17) is 0 Å². The molecule has 2 aromatic carbocycles. The normalized spacial score (nSPS) is 12.5. The summed E-state index contributed by atoms with van der Waals surface area (Å²) in [6, 6.07) is 10.7. The first kappa shape index (κ1) is 15.7. The first-order valence-electron chi connectivity index (χ1n) is 5.76. The molecule has 1 unspecified atom stereocenters. The quantitative estimate of drug-likeness (QED) is 0.378. The number of hydrogen-bond acceptors (Lipinski definition) is 0. The van der Waals surface area contributed by atoms with Crippen LogP contribution in [0.1, 0.15) is 27.1 Å². The second-order valence-corrected chi connectivity index (χ2v) is 8.03. The van der Waals surface area contributed by atoms with Gasteiger partial charge >= 0.3 is 0 Å². The van der Waals surface area contributed by atoms with Gasteiger partial charge in [-0.15, -0.1) is 0 Å². The summed E-state index contributed by atoms with van der Waals surface area (Å²) < 4.78 is 3.34. The maximum Gasteiger partial charge on any atom is 0.0658 e. The minimum atomic E-state index is 0.163. The van der Waals surface area contributed by atoms with Crippen LogP contribution >= 0.6 is 63.7 Å². The molecule has 0 heterocycles. The molecule has 100 valence electrons. The van der Waals surface area contributed by atoms with E-state index in [0.29, 0.717) is 0 Å². The van der Waals surface area contributed by atoms with Crippen molar-refractivity contribution in [3.8, 4) is 0 Å². The number of hydrogen-bond donors (Lipinski definition) is 0. The van der Waals surface area contributed by atoms with E-state index in [1.807, 2.05) is 0 Å². The summed E-state index contributed by atoms with van der Waals surface area (Å²) in [5, 5.41) is 0. The summed E-state index contributed by atoms with van der Waals surface area (Å²) in [7, 11) is 0. The molecule has 0 saturated carbocycles. The van der Waals surface area contributed by atoms with Crippen LogP contribution in [-0.4, -0.2) is 0 Å². The van der Waals surface area contributed by atoms with Crippen LogP contribution in [0.4, 0.5) is 0 Å². The highest BCUT2D eigenvalue weighted by molar-refractivity contribution is 9.11. The smallest absolute Gasteiger partial charge is 0.0658 e. The zero-order chi connectivity index (χ0) is 14.2. The molecule has 2 rings (SSSR count). The van der Waals surface area contributed by atoms with Crippen LogP contribution < -0.4 is 0 Å². The Morgan fingerprint density at radius 2 is 1.47 bits per heavy atom. The van der Waals surface area contributed by atoms with E-state index >= 15 is 0 Å². The summed E-state index contributed by atoms with van der Waals surface area (Å²) >= 11 is 14.6. The third-order valence-electron chi connectivity index (χ3n) is 3.07. The molecule has 4 heteroatoms. The molecule has 0 aliphatic carbocycles. The maximum atomic E-state index is 3.82. The molecule has 0 N–H and O–H groups in total. The molecule has 1 atom stereocenters. The van der Waals surface area contributed by atoms with Crippen LogP contribution in [0.15, 0.2) is 43.7 Å². The van der Waals surface area contributed by atoms with Crippen LogP contribution in [0.5, 0.6) is 0 Å². The number of rotatable bonds is 2. The summed E-state index contributed by atoms with van der Waals surface area (Å²) in [5.74, 6) is 0. The maximum absolute atomic E-state index is 3.82. The largest absolute Gasteiger partial charge is 0.0786 e. The molecule has 0 spiro atoms. The van der Waals surface area contributed by atoms with E-state index in [9.17, 15) is 0 Å². The Kier molecular flexibility index (Phi) is 5.32. The van der Waals surface area contributed by atoms with Crippen molar-refractivity contribution in [2.24, 2.45) is 0 Å². The minimum absolute atomic E-state index is 0.163. The number of aryl methyl sites for hydroxylation is 2. The van der Waals surface area contributed by atoms with Crippen molar-refractivity contribution < 1.29 is 0 Å². The zero-order valence-corrected chi connectivity index (χ0v) is 16.8. The van der Waals surface area contributed by atoms with Gasteiger partial charge in [-0.05, 0) is 60.4 Å². The predicted molar refractivity (Wildman–Crippen MR) is 96.2 cm³/mol. The highest BCUT2D eigenvalue weighted by Gasteiger charge is 2.17. The Morgan fingerprint density at radius 1 is 0.789 bits per heavy atom. The van der Waals surface area contributed by atoms with Crippen molar-refractivity contribution in [3.05, 3.63) is 66.0 Å². The lowest BCUT2D eigenvalue weighted by molar-refractivity contribution is 1.12. The fraction of sp³-hybridized carbons (Fsp3) is 0.200. The molecular formula is C15H12Br4. The van der Waals surface area contributed by atoms with Crippen molar-refractivity contribution in [1.29, 1.82) is 0 Å². The molecule has 0 aliphatic heterocycles. The van der Waals surface area contributed by atoms with E-state index in [2.05, 4.69) is 108 Å². The molecule has 0 fully saturated rings. The van der Waals surface area contributed by atoms with Gasteiger partial charge in [0.1, 0.15) is 0 Å². The monoisotopic (exact) mass is 508 g/mol. The van der Waals surface area contributed by atoms with Crippen molar-refractivity contribution in [3.63, 3.8) is 0 Å². The standard InChI is InChI=1S/C15H12Br4/c1-8-3-4-10(16)6-11(8)15(19)12-7-13(17)9(2)5-14(12)18/h3-7,15H,1-2H3. The van der Waals surface area contributed by atoms with Gasteiger partial charge in [0.25, 0.3) is 0 Å². The summed E-state index contributed by atoms with van der Waals surface area (Å²) in [6.45, 7) is 4.22. The molecule has 2 aromatic rings. The van der Waals surface area contributed by atoms with Crippen molar-refractivity contribution >= 4 is 63.7 Å². The Morgan fingerprint density at radius 3 is 2.16 bits per heavy atom. The van der Waals surface area contributed by atoms with Crippen LogP contribution in [0.25, 0.3) is 0 Å². The molecule has 0 aromatic heterocycles. The Hall–Kier alpha value is 0.360. The minimum Gasteiger partial charge on any atom is -0.0786 e. The second kappa shape index (κ2) is 6.42. The predicted octanol–water partition coefficient (Wildman–Crippen LogP) is 7.08. The van der Waals surface area contributed by atoms with E-state index in [1.165, 1.54) is 22.3 Å². The molecule has 0 aliphatic rings. The summed E-state index contributed by atoms with van der Waals surface area (Å²) in [5.41, 5.74) is 4.99. The number of alkyl halides is 1. The Labute approximate surface area is 147 Å². The summed E-state index contributed by atoms with van der Waals surface area (Å²) in [6.07, 6.45) is 0. The fourth-order valence-corrected chi connectivity index (χ4v) is 4.51. The van der Waals surface area contributed by atoms with Gasteiger partial charge in [-0.3, -0.25) is 0 Å². The molecular weight excluding hydrogens is 500 g/mol. The molecule has 0 saturated heterocycles. The van der Waals surface area contributed by atoms with Crippen LogP contribution in [0.3, 0.4) is 0 Å². The average molecular weight is 512 g/mol. The number of benzene rings is 2. The zero-order valence-electron chi connectivity index (χ0n) is 10.5. The van der Waals surface area contributed by atoms with Gasteiger partial charge in [0.05, 0.1) is 4.83 Å². The van der Waals surface area contributed by atoms with Crippen molar-refractivity contribution in [2.75, 3.05) is 0 Å². The first-order chi connectivity index (χ1) is 8.90. The first-order valence-corrected chi connectivity index (χ1v) is 9.05. The lowest BCUT2D eigenvalue weighted by Crippen LogP contribution is -1.98. The fourth-order valence-electron chi connectivity index (χ4n) is 1.91. The van der Waals surface area contributed by atoms with E-state index in [0.717, 1.165) is 13.4 Å². The highest BCUT2D eigenvalue weighted by atomic mass is 79.9. The topological polar surface area (TPSA) is 0 Å². The Bertz CT molecular complexity index is 620. The van der Waals surface area contributed by atoms with E-state index in [1.54, 1.807) is 0 Å². The second-order valence-electron chi connectivity index (χ2n) is 4.49. The third kappa shape index (κ3) is 3.52. The number of halogens is 4. The molecule has 0 radical (unpaired) electrons. The Balaban J connectivity index is 2.52. The van der Waals surface area contributed by atoms with Crippen LogP contribution in [-0.2, 0) is 0 Å². The lowest BCUT2D eigenvalue weighted by Gasteiger charge is -2.17. The van der Waals surface area contributed by atoms with Gasteiger partial charge in [-0.2, -0.15) is 0 Å². The van der Waals surface area contributed by atoms with Gasteiger partial charge < -0.3 is 0 Å². The van der Waals surface area contributed by atoms with Gasteiger partial charge in [-0.25, -0.2) is 0 Å². The molecule has 0 bridgehead atoms. The average Bonchev–Trinajstić information content (AvgIpc) is 2.36. The van der Waals surface area contributed by atoms with Crippen LogP contribution in [0.2, 0.25) is 0 Å². The molecule has 19 heavy (non-hydrogen) atoms. The van der Waals surface area contributed by atoms with E-state index in [-0.39, 0.29) is 4.83 Å². The van der Waals surface area contributed by atoms with Gasteiger partial charge in [0.2, 0.25) is 0 Å². The van der Waals surface area contributed by atoms with Crippen LogP contribution in [0, 0.1) is 13.8 Å². The third-order valence-corrected chi connectivity index (χ3v) is 6.09.